The summed E-state index contributed by atoms with van der Waals surface area (Å²) in [6, 6.07) is 13.7. The average Bonchev–Trinajstić information content (AvgIpc) is 3.13. The molecule has 8 nitrogen and oxygen atoms in total. The minimum absolute atomic E-state index is 0.0284. The van der Waals surface area contributed by atoms with E-state index in [0.717, 1.165) is 18.5 Å². The van der Waals surface area contributed by atoms with Gasteiger partial charge in [0.15, 0.2) is 5.76 Å². The molecule has 2 heterocycles. The molecule has 1 aliphatic heterocycles. The number of nitro groups is 1. The van der Waals surface area contributed by atoms with Gasteiger partial charge in [0.25, 0.3) is 11.6 Å². The van der Waals surface area contributed by atoms with Crippen molar-refractivity contribution in [2.24, 2.45) is 0 Å². The number of nitrogens with one attached hydrogen (secondary N) is 2. The number of carbonyl (C=O) groups excluding carboxylic acids is 1. The van der Waals surface area contributed by atoms with Gasteiger partial charge >= 0.3 is 0 Å². The Morgan fingerprint density at radius 2 is 1.93 bits per heavy atom. The topological polar surface area (TPSA) is 101 Å². The van der Waals surface area contributed by atoms with Gasteiger partial charge in [0, 0.05) is 43.3 Å². The molecule has 8 heteroatoms. The van der Waals surface area contributed by atoms with Gasteiger partial charge in [0.05, 0.1) is 4.92 Å². The summed E-state index contributed by atoms with van der Waals surface area (Å²) in [5.41, 5.74) is 1.50. The lowest BCUT2D eigenvalue weighted by Crippen LogP contribution is -2.43. The summed E-state index contributed by atoms with van der Waals surface area (Å²) in [4.78, 5) is 25.5. The van der Waals surface area contributed by atoms with Crippen LogP contribution in [-0.4, -0.2) is 37.0 Å². The number of fused-ring (bicyclic) bond motifs is 1. The van der Waals surface area contributed by atoms with Crippen LogP contribution in [0.5, 0.6) is 0 Å². The summed E-state index contributed by atoms with van der Waals surface area (Å²) >= 11 is 0. The standard InChI is InChI=1S/C19H18N4O4/c24-19(18-11-13-3-1-2-4-17(13)27-18)21-14-5-6-15(16(12-14)23(25)26)22-9-7-20-8-10-22/h1-6,11-12,20H,7-10H2,(H,21,24). The fraction of sp³-hybridized carbons (Fsp3) is 0.211. The molecule has 0 bridgehead atoms. The normalized spacial score (nSPS) is 14.3. The molecule has 0 spiro atoms. The second-order valence-corrected chi connectivity index (χ2v) is 6.30. The molecule has 27 heavy (non-hydrogen) atoms. The Labute approximate surface area is 154 Å². The molecule has 0 aliphatic carbocycles. The number of para-hydroxylation sites is 1. The van der Waals surface area contributed by atoms with Crippen molar-refractivity contribution >= 4 is 33.9 Å². The molecule has 1 amide bonds. The smallest absolute Gasteiger partial charge is 0.294 e. The van der Waals surface area contributed by atoms with Crippen LogP contribution in [0.3, 0.4) is 0 Å². The third-order valence-electron chi connectivity index (χ3n) is 4.54. The van der Waals surface area contributed by atoms with Gasteiger partial charge in [-0.15, -0.1) is 0 Å². The van der Waals surface area contributed by atoms with E-state index >= 15 is 0 Å². The number of nitrogens with zero attached hydrogens (tertiary/aromatic N) is 2. The number of amides is 1. The summed E-state index contributed by atoms with van der Waals surface area (Å²) in [7, 11) is 0. The number of hydrogen-bond donors (Lipinski definition) is 2. The van der Waals surface area contributed by atoms with E-state index in [1.807, 2.05) is 23.1 Å². The number of hydrogen-bond acceptors (Lipinski definition) is 6. The van der Waals surface area contributed by atoms with Gasteiger partial charge < -0.3 is 20.0 Å². The van der Waals surface area contributed by atoms with Crippen molar-refractivity contribution in [1.29, 1.82) is 0 Å². The molecule has 0 radical (unpaired) electrons. The lowest BCUT2D eigenvalue weighted by atomic mass is 10.2. The fourth-order valence-corrected chi connectivity index (χ4v) is 3.21. The van der Waals surface area contributed by atoms with E-state index < -0.39 is 10.8 Å². The van der Waals surface area contributed by atoms with Gasteiger partial charge in [0.1, 0.15) is 11.3 Å². The average molecular weight is 366 g/mol. The van der Waals surface area contributed by atoms with Crippen molar-refractivity contribution in [2.75, 3.05) is 36.4 Å². The summed E-state index contributed by atoms with van der Waals surface area (Å²) in [6.45, 7) is 2.96. The van der Waals surface area contributed by atoms with E-state index in [2.05, 4.69) is 10.6 Å². The number of anilines is 2. The van der Waals surface area contributed by atoms with Gasteiger partial charge in [0.2, 0.25) is 0 Å². The van der Waals surface area contributed by atoms with Crippen LogP contribution in [-0.2, 0) is 0 Å². The van der Waals surface area contributed by atoms with Gasteiger partial charge in [-0.05, 0) is 24.3 Å². The molecule has 3 aromatic rings. The summed E-state index contributed by atoms with van der Waals surface area (Å²) in [5.74, 6) is -0.291. The number of piperazine rings is 1. The van der Waals surface area contributed by atoms with Gasteiger partial charge in [-0.2, -0.15) is 0 Å². The van der Waals surface area contributed by atoms with Crippen molar-refractivity contribution in [3.8, 4) is 0 Å². The van der Waals surface area contributed by atoms with Crippen LogP contribution in [0.25, 0.3) is 11.0 Å². The number of furan rings is 1. The van der Waals surface area contributed by atoms with E-state index in [1.54, 1.807) is 24.3 Å². The van der Waals surface area contributed by atoms with Crippen molar-refractivity contribution in [3.63, 3.8) is 0 Å². The van der Waals surface area contributed by atoms with E-state index in [1.165, 1.54) is 6.07 Å². The molecule has 1 saturated heterocycles. The number of carbonyl (C=O) groups is 1. The number of nitro benzene ring substituents is 1. The third-order valence-corrected chi connectivity index (χ3v) is 4.54. The van der Waals surface area contributed by atoms with Gasteiger partial charge in [-0.25, -0.2) is 0 Å². The predicted molar refractivity (Wildman–Crippen MR) is 102 cm³/mol. The van der Waals surface area contributed by atoms with Gasteiger partial charge in [-0.1, -0.05) is 18.2 Å². The SMILES string of the molecule is O=C(Nc1ccc(N2CCNCC2)c([N+](=O)[O-])c1)c1cc2ccccc2o1. The maximum Gasteiger partial charge on any atom is 0.294 e. The molecule has 1 aliphatic rings. The molecule has 0 atom stereocenters. The predicted octanol–water partition coefficient (Wildman–Crippen LogP) is 3.00. The van der Waals surface area contributed by atoms with Crippen molar-refractivity contribution < 1.29 is 14.1 Å². The van der Waals surface area contributed by atoms with E-state index in [0.29, 0.717) is 30.0 Å². The van der Waals surface area contributed by atoms with E-state index in [-0.39, 0.29) is 11.4 Å². The zero-order valence-electron chi connectivity index (χ0n) is 14.5. The molecule has 138 valence electrons. The maximum absolute atomic E-state index is 12.5. The second kappa shape index (κ2) is 7.08. The number of benzene rings is 2. The molecule has 2 N–H and O–H groups in total. The Balaban J connectivity index is 1.58. The zero-order chi connectivity index (χ0) is 18.8. The Morgan fingerprint density at radius 3 is 2.67 bits per heavy atom. The first-order chi connectivity index (χ1) is 13.1. The Kier molecular flexibility index (Phi) is 4.47. The second-order valence-electron chi connectivity index (χ2n) is 6.30. The van der Waals surface area contributed by atoms with E-state index in [9.17, 15) is 14.9 Å². The molecule has 1 aromatic heterocycles. The highest BCUT2D eigenvalue weighted by atomic mass is 16.6. The van der Waals surface area contributed by atoms with Crippen molar-refractivity contribution in [2.45, 2.75) is 0 Å². The van der Waals surface area contributed by atoms with Crippen LogP contribution < -0.4 is 15.5 Å². The first-order valence-electron chi connectivity index (χ1n) is 8.66. The van der Waals surface area contributed by atoms with Crippen LogP contribution in [0.1, 0.15) is 10.6 Å². The molecule has 4 rings (SSSR count). The lowest BCUT2D eigenvalue weighted by Gasteiger charge is -2.29. The molecule has 0 unspecified atom stereocenters. The zero-order valence-corrected chi connectivity index (χ0v) is 14.5. The minimum atomic E-state index is -0.449. The Bertz CT molecular complexity index is 975. The quantitative estimate of drug-likeness (QED) is 0.544. The van der Waals surface area contributed by atoms with Crippen molar-refractivity contribution in [3.05, 3.63) is 64.4 Å². The maximum atomic E-state index is 12.5. The minimum Gasteiger partial charge on any atom is -0.451 e. The molecule has 0 saturated carbocycles. The highest BCUT2D eigenvalue weighted by molar-refractivity contribution is 6.04. The highest BCUT2D eigenvalue weighted by Gasteiger charge is 2.22. The fourth-order valence-electron chi connectivity index (χ4n) is 3.21. The van der Waals surface area contributed by atoms with Gasteiger partial charge in [-0.3, -0.25) is 14.9 Å². The first-order valence-corrected chi connectivity index (χ1v) is 8.66. The summed E-state index contributed by atoms with van der Waals surface area (Å²) < 4.78 is 5.54. The van der Waals surface area contributed by atoms with Crippen LogP contribution in [0, 0.1) is 10.1 Å². The van der Waals surface area contributed by atoms with E-state index in [4.69, 9.17) is 4.42 Å². The molecule has 1 fully saturated rings. The monoisotopic (exact) mass is 366 g/mol. The van der Waals surface area contributed by atoms with Crippen LogP contribution in [0.4, 0.5) is 17.1 Å². The Hall–Kier alpha value is -3.39. The third kappa shape index (κ3) is 3.47. The summed E-state index contributed by atoms with van der Waals surface area (Å²) in [6.07, 6.45) is 0. The van der Waals surface area contributed by atoms with Crippen LogP contribution in [0.2, 0.25) is 0 Å². The number of rotatable bonds is 4. The largest absolute Gasteiger partial charge is 0.451 e. The Morgan fingerprint density at radius 1 is 1.15 bits per heavy atom. The van der Waals surface area contributed by atoms with Crippen molar-refractivity contribution in [1.82, 2.24) is 5.32 Å². The lowest BCUT2D eigenvalue weighted by molar-refractivity contribution is -0.384. The highest BCUT2D eigenvalue weighted by Crippen LogP contribution is 2.31. The summed E-state index contributed by atoms with van der Waals surface area (Å²) in [5, 5.41) is 18.2. The molecular formula is C19H18N4O4. The molecule has 2 aromatic carbocycles. The van der Waals surface area contributed by atoms with Crippen LogP contribution in [0.15, 0.2) is 52.9 Å². The molecular weight excluding hydrogens is 348 g/mol. The van der Waals surface area contributed by atoms with Crippen LogP contribution >= 0.6 is 0 Å². The first kappa shape index (κ1) is 17.0.